The van der Waals surface area contributed by atoms with Crippen LogP contribution in [0.5, 0.6) is 0 Å². The van der Waals surface area contributed by atoms with Gasteiger partial charge in [-0.3, -0.25) is 14.6 Å². The van der Waals surface area contributed by atoms with Gasteiger partial charge in [0.05, 0.1) is 11.1 Å². The number of para-hydroxylation sites is 1. The third kappa shape index (κ3) is 4.14. The highest BCUT2D eigenvalue weighted by Gasteiger charge is 2.20. The van der Waals surface area contributed by atoms with Crippen LogP contribution in [-0.4, -0.2) is 22.8 Å². The van der Waals surface area contributed by atoms with E-state index in [-0.39, 0.29) is 0 Å². The minimum atomic E-state index is -0.819. The molecular formula is C19H16ClN3O2. The van der Waals surface area contributed by atoms with Gasteiger partial charge >= 0.3 is 0 Å². The average molecular weight is 354 g/mol. The van der Waals surface area contributed by atoms with Gasteiger partial charge in [0.15, 0.2) is 0 Å². The lowest BCUT2D eigenvalue weighted by Gasteiger charge is -2.16. The molecule has 5 nitrogen and oxygen atoms in total. The summed E-state index contributed by atoms with van der Waals surface area (Å²) in [5.74, 6) is -0.993. The van der Waals surface area contributed by atoms with E-state index in [4.69, 9.17) is 17.3 Å². The second-order valence-corrected chi connectivity index (χ2v) is 6.11. The van der Waals surface area contributed by atoms with Crippen LogP contribution in [-0.2, 0) is 11.2 Å². The van der Waals surface area contributed by atoms with Crippen LogP contribution in [0.3, 0.4) is 0 Å². The van der Waals surface area contributed by atoms with E-state index >= 15 is 0 Å². The molecule has 2 aromatic carbocycles. The quantitative estimate of drug-likeness (QED) is 0.739. The Bertz CT molecular complexity index is 925. The molecule has 0 bridgehead atoms. The third-order valence-electron chi connectivity index (χ3n) is 3.85. The second kappa shape index (κ2) is 7.32. The van der Waals surface area contributed by atoms with E-state index < -0.39 is 17.9 Å². The average Bonchev–Trinajstić information content (AvgIpc) is 2.62. The number of primary amides is 1. The molecule has 126 valence electrons. The number of carbonyl (C=O) groups excluding carboxylic acids is 2. The third-order valence-corrected chi connectivity index (χ3v) is 4.11. The van der Waals surface area contributed by atoms with Gasteiger partial charge in [-0.05, 0) is 29.8 Å². The Morgan fingerprint density at radius 1 is 1.12 bits per heavy atom. The largest absolute Gasteiger partial charge is 0.368 e. The van der Waals surface area contributed by atoms with Gasteiger partial charge in [-0.15, -0.1) is 0 Å². The highest BCUT2D eigenvalue weighted by molar-refractivity contribution is 6.30. The van der Waals surface area contributed by atoms with Crippen molar-refractivity contribution < 1.29 is 9.59 Å². The molecular weight excluding hydrogens is 338 g/mol. The minimum absolute atomic E-state index is 0.291. The van der Waals surface area contributed by atoms with E-state index in [1.54, 1.807) is 30.3 Å². The Kier molecular flexibility index (Phi) is 4.95. The van der Waals surface area contributed by atoms with Crippen molar-refractivity contribution in [2.45, 2.75) is 12.5 Å². The van der Waals surface area contributed by atoms with E-state index in [9.17, 15) is 9.59 Å². The number of halogens is 1. The van der Waals surface area contributed by atoms with E-state index in [1.165, 1.54) is 6.20 Å². The first-order chi connectivity index (χ1) is 12.0. The predicted octanol–water partition coefficient (Wildman–Crippen LogP) is 2.71. The molecule has 0 aliphatic heterocycles. The number of amides is 2. The summed E-state index contributed by atoms with van der Waals surface area (Å²) < 4.78 is 0. The van der Waals surface area contributed by atoms with E-state index in [0.717, 1.165) is 16.5 Å². The molecule has 0 fully saturated rings. The summed E-state index contributed by atoms with van der Waals surface area (Å²) in [6, 6.07) is 15.4. The minimum Gasteiger partial charge on any atom is -0.368 e. The zero-order valence-electron chi connectivity index (χ0n) is 13.3. The number of nitrogens with two attached hydrogens (primary N) is 1. The van der Waals surface area contributed by atoms with Crippen LogP contribution in [0, 0.1) is 0 Å². The molecule has 0 unspecified atom stereocenters. The maximum absolute atomic E-state index is 12.5. The van der Waals surface area contributed by atoms with E-state index in [2.05, 4.69) is 10.3 Å². The predicted molar refractivity (Wildman–Crippen MR) is 97.3 cm³/mol. The maximum Gasteiger partial charge on any atom is 0.253 e. The summed E-state index contributed by atoms with van der Waals surface area (Å²) in [6.45, 7) is 0. The van der Waals surface area contributed by atoms with Gasteiger partial charge < -0.3 is 11.1 Å². The van der Waals surface area contributed by atoms with Crippen molar-refractivity contribution in [3.63, 3.8) is 0 Å². The summed E-state index contributed by atoms with van der Waals surface area (Å²) in [7, 11) is 0. The Hall–Kier alpha value is -2.92. The van der Waals surface area contributed by atoms with Crippen LogP contribution in [0.15, 0.2) is 60.8 Å². The van der Waals surface area contributed by atoms with E-state index in [1.807, 2.05) is 24.3 Å². The molecule has 3 rings (SSSR count). The second-order valence-electron chi connectivity index (χ2n) is 5.68. The highest BCUT2D eigenvalue weighted by Crippen LogP contribution is 2.14. The van der Waals surface area contributed by atoms with Crippen LogP contribution in [0.2, 0.25) is 5.02 Å². The van der Waals surface area contributed by atoms with Gasteiger partial charge in [0.25, 0.3) is 5.91 Å². The van der Waals surface area contributed by atoms with Gasteiger partial charge in [0.1, 0.15) is 6.04 Å². The number of hydrogen-bond donors (Lipinski definition) is 2. The molecule has 6 heteroatoms. The SMILES string of the molecule is NC(=O)[C@H](Cc1ccc(Cl)cc1)NC(=O)c1cnc2ccccc2c1. The molecule has 0 radical (unpaired) electrons. The van der Waals surface area contributed by atoms with Gasteiger partial charge in [-0.1, -0.05) is 41.9 Å². The summed E-state index contributed by atoms with van der Waals surface area (Å²) in [4.78, 5) is 28.4. The normalized spacial score (nSPS) is 11.9. The van der Waals surface area contributed by atoms with Crippen molar-refractivity contribution in [2.24, 2.45) is 5.73 Å². The number of pyridine rings is 1. The summed E-state index contributed by atoms with van der Waals surface area (Å²) in [6.07, 6.45) is 1.78. The highest BCUT2D eigenvalue weighted by atomic mass is 35.5. The standard InChI is InChI=1S/C19H16ClN3O2/c20-15-7-5-12(6-8-15)9-17(18(21)24)23-19(25)14-10-13-3-1-2-4-16(13)22-11-14/h1-8,10-11,17H,9H2,(H2,21,24)(H,23,25)/t17-/m0/s1. The number of carbonyl (C=O) groups is 2. The molecule has 0 aliphatic carbocycles. The van der Waals surface area contributed by atoms with Crippen molar-refractivity contribution in [3.8, 4) is 0 Å². The molecule has 0 aliphatic rings. The van der Waals surface area contributed by atoms with Crippen LogP contribution < -0.4 is 11.1 Å². The molecule has 0 saturated carbocycles. The fraction of sp³-hybridized carbons (Fsp3) is 0.105. The van der Waals surface area contributed by atoms with Crippen LogP contribution in [0.25, 0.3) is 10.9 Å². The zero-order chi connectivity index (χ0) is 17.8. The number of fused-ring (bicyclic) bond motifs is 1. The number of nitrogens with zero attached hydrogens (tertiary/aromatic N) is 1. The van der Waals surface area contributed by atoms with Crippen LogP contribution in [0.4, 0.5) is 0 Å². The van der Waals surface area contributed by atoms with Gasteiger partial charge in [0, 0.05) is 23.0 Å². The molecule has 1 heterocycles. The van der Waals surface area contributed by atoms with Gasteiger partial charge in [-0.25, -0.2) is 0 Å². The summed E-state index contributed by atoms with van der Waals surface area (Å²) in [5, 5.41) is 4.13. The van der Waals surface area contributed by atoms with Gasteiger partial charge in [-0.2, -0.15) is 0 Å². The Morgan fingerprint density at radius 3 is 2.56 bits per heavy atom. The van der Waals surface area contributed by atoms with Gasteiger partial charge in [0.2, 0.25) is 5.91 Å². The Morgan fingerprint density at radius 2 is 1.84 bits per heavy atom. The lowest BCUT2D eigenvalue weighted by Crippen LogP contribution is -2.45. The number of rotatable bonds is 5. The first kappa shape index (κ1) is 16.9. The monoisotopic (exact) mass is 353 g/mol. The number of nitrogens with one attached hydrogen (secondary N) is 1. The van der Waals surface area contributed by atoms with Crippen molar-refractivity contribution in [1.82, 2.24) is 10.3 Å². The van der Waals surface area contributed by atoms with E-state index in [0.29, 0.717) is 17.0 Å². The number of hydrogen-bond acceptors (Lipinski definition) is 3. The lowest BCUT2D eigenvalue weighted by atomic mass is 10.0. The fourth-order valence-electron chi connectivity index (χ4n) is 2.52. The fourth-order valence-corrected chi connectivity index (χ4v) is 2.64. The first-order valence-corrected chi connectivity index (χ1v) is 8.10. The topological polar surface area (TPSA) is 85.1 Å². The Labute approximate surface area is 149 Å². The van der Waals surface area contributed by atoms with Crippen molar-refractivity contribution in [3.05, 3.63) is 76.9 Å². The maximum atomic E-state index is 12.5. The number of aromatic nitrogens is 1. The molecule has 3 aromatic rings. The molecule has 0 saturated heterocycles. The molecule has 0 spiro atoms. The molecule has 1 aromatic heterocycles. The zero-order valence-corrected chi connectivity index (χ0v) is 14.0. The van der Waals surface area contributed by atoms with Crippen molar-refractivity contribution in [2.75, 3.05) is 0 Å². The number of benzene rings is 2. The Balaban J connectivity index is 1.77. The van der Waals surface area contributed by atoms with Crippen LogP contribution >= 0.6 is 11.6 Å². The summed E-state index contributed by atoms with van der Waals surface area (Å²) in [5.41, 5.74) is 7.46. The first-order valence-electron chi connectivity index (χ1n) is 7.72. The molecule has 25 heavy (non-hydrogen) atoms. The molecule has 2 amide bonds. The summed E-state index contributed by atoms with van der Waals surface area (Å²) >= 11 is 5.85. The van der Waals surface area contributed by atoms with Crippen molar-refractivity contribution in [1.29, 1.82) is 0 Å². The lowest BCUT2D eigenvalue weighted by molar-refractivity contribution is -0.119. The molecule has 3 N–H and O–H groups in total. The molecule has 1 atom stereocenters. The van der Waals surface area contributed by atoms with Crippen molar-refractivity contribution >= 4 is 34.3 Å². The van der Waals surface area contributed by atoms with Crippen LogP contribution in [0.1, 0.15) is 15.9 Å². The smallest absolute Gasteiger partial charge is 0.253 e.